The molecule has 0 aliphatic carbocycles. The number of nitrogens with zero attached hydrogens (tertiary/aromatic N) is 2. The lowest BCUT2D eigenvalue weighted by molar-refractivity contribution is -0.656. The van der Waals surface area contributed by atoms with Crippen molar-refractivity contribution in [2.24, 2.45) is 14.1 Å². The van der Waals surface area contributed by atoms with E-state index in [1.54, 1.807) is 0 Å². The van der Waals surface area contributed by atoms with E-state index in [0.717, 1.165) is 30.4 Å². The maximum absolute atomic E-state index is 3.38. The third-order valence-electron chi connectivity index (χ3n) is 3.42. The number of likely N-dealkylation sites (N-methyl/N-ethyl adjacent to an activating group) is 1. The van der Waals surface area contributed by atoms with E-state index in [4.69, 9.17) is 0 Å². The number of hydrogen-bond donors (Lipinski definition) is 4. The molecule has 0 saturated heterocycles. The molecule has 0 radical (unpaired) electrons. The van der Waals surface area contributed by atoms with E-state index in [9.17, 15) is 0 Å². The summed E-state index contributed by atoms with van der Waals surface area (Å²) in [7, 11) is 5.96. The summed E-state index contributed by atoms with van der Waals surface area (Å²) >= 11 is 0. The zero-order valence-electron chi connectivity index (χ0n) is 13.2. The van der Waals surface area contributed by atoms with Crippen LogP contribution in [0.25, 0.3) is 0 Å². The number of aromatic nitrogens is 2. The smallest absolute Gasteiger partial charge is 0.378 e. The first-order chi connectivity index (χ1) is 10.1. The molecule has 4 N–H and O–H groups in total. The summed E-state index contributed by atoms with van der Waals surface area (Å²) in [5.41, 5.74) is 9.89. The van der Waals surface area contributed by atoms with Gasteiger partial charge in [-0.05, 0) is 37.7 Å². The largest absolute Gasteiger partial charge is 0.384 e. The minimum absolute atomic E-state index is 0.917. The van der Waals surface area contributed by atoms with Crippen LogP contribution in [-0.2, 0) is 14.1 Å². The summed E-state index contributed by atoms with van der Waals surface area (Å²) < 4.78 is 4.05. The van der Waals surface area contributed by atoms with Gasteiger partial charge >= 0.3 is 5.95 Å². The fraction of sp³-hybridized carbons (Fsp3) is 0.400. The number of anilines is 3. The molecule has 0 fully saturated rings. The van der Waals surface area contributed by atoms with Gasteiger partial charge in [-0.1, -0.05) is 0 Å². The van der Waals surface area contributed by atoms with Crippen LogP contribution in [-0.4, -0.2) is 24.7 Å². The Balaban J connectivity index is 1.98. The Morgan fingerprint density at radius 3 is 2.62 bits per heavy atom. The predicted molar refractivity (Wildman–Crippen MR) is 87.4 cm³/mol. The van der Waals surface area contributed by atoms with Crippen molar-refractivity contribution in [1.82, 2.24) is 9.88 Å². The Labute approximate surface area is 126 Å². The van der Waals surface area contributed by atoms with Gasteiger partial charge in [0.2, 0.25) is 0 Å². The van der Waals surface area contributed by atoms with Gasteiger partial charge in [0.25, 0.3) is 0 Å². The standard InChI is InChI=1S/C15H24N6/c1-12-11-13(17-8-7-16-2)5-6-14(12)18-19-15-20(3)9-10-21(15)4/h5-6,9-11,16-18H,7-8H2,1-4H3/p+1. The van der Waals surface area contributed by atoms with Gasteiger partial charge in [0.15, 0.2) is 0 Å². The highest BCUT2D eigenvalue weighted by Crippen LogP contribution is 2.19. The second kappa shape index (κ2) is 6.99. The molecule has 0 spiro atoms. The number of rotatable bonds is 7. The lowest BCUT2D eigenvalue weighted by atomic mass is 10.2. The second-order valence-electron chi connectivity index (χ2n) is 5.15. The molecular formula is C15H25N6+. The number of benzene rings is 1. The fourth-order valence-electron chi connectivity index (χ4n) is 2.14. The van der Waals surface area contributed by atoms with E-state index in [1.165, 1.54) is 5.56 Å². The van der Waals surface area contributed by atoms with Crippen LogP contribution in [0.15, 0.2) is 30.6 Å². The molecule has 1 aromatic carbocycles. The van der Waals surface area contributed by atoms with Crippen molar-refractivity contribution >= 4 is 17.3 Å². The highest BCUT2D eigenvalue weighted by molar-refractivity contribution is 5.60. The monoisotopic (exact) mass is 289 g/mol. The quantitative estimate of drug-likeness (QED) is 0.352. The van der Waals surface area contributed by atoms with Crippen LogP contribution in [0.2, 0.25) is 0 Å². The van der Waals surface area contributed by atoms with Crippen LogP contribution in [0.1, 0.15) is 5.56 Å². The van der Waals surface area contributed by atoms with Crippen molar-refractivity contribution < 1.29 is 4.57 Å². The molecule has 0 aliphatic rings. The Morgan fingerprint density at radius 2 is 2.00 bits per heavy atom. The molecule has 0 bridgehead atoms. The summed E-state index contributed by atoms with van der Waals surface area (Å²) in [5, 5.41) is 6.50. The zero-order valence-corrected chi connectivity index (χ0v) is 13.2. The van der Waals surface area contributed by atoms with Crippen molar-refractivity contribution in [1.29, 1.82) is 0 Å². The van der Waals surface area contributed by atoms with Crippen LogP contribution < -0.4 is 26.1 Å². The van der Waals surface area contributed by atoms with E-state index in [0.29, 0.717) is 0 Å². The summed E-state index contributed by atoms with van der Waals surface area (Å²) in [4.78, 5) is 0. The average Bonchev–Trinajstić information content (AvgIpc) is 2.78. The van der Waals surface area contributed by atoms with Crippen LogP contribution in [0, 0.1) is 6.92 Å². The molecular weight excluding hydrogens is 264 g/mol. The third kappa shape index (κ3) is 3.88. The van der Waals surface area contributed by atoms with Crippen molar-refractivity contribution in [3.8, 4) is 0 Å². The molecule has 6 heteroatoms. The molecule has 1 aromatic heterocycles. The minimum Gasteiger partial charge on any atom is -0.384 e. The Bertz CT molecular complexity index is 570. The summed E-state index contributed by atoms with van der Waals surface area (Å²) in [6.07, 6.45) is 4.01. The molecule has 2 rings (SSSR count). The summed E-state index contributed by atoms with van der Waals surface area (Å²) in [5.74, 6) is 0.991. The molecule has 1 heterocycles. The van der Waals surface area contributed by atoms with E-state index < -0.39 is 0 Å². The van der Waals surface area contributed by atoms with Gasteiger partial charge < -0.3 is 10.6 Å². The van der Waals surface area contributed by atoms with E-state index in [2.05, 4.69) is 46.6 Å². The van der Waals surface area contributed by atoms with E-state index >= 15 is 0 Å². The lowest BCUT2D eigenvalue weighted by Crippen LogP contribution is -2.32. The topological polar surface area (TPSA) is 56.9 Å². The van der Waals surface area contributed by atoms with Crippen molar-refractivity contribution in [3.63, 3.8) is 0 Å². The number of hydrogen-bond acceptors (Lipinski definition) is 4. The molecule has 0 atom stereocenters. The second-order valence-corrected chi connectivity index (χ2v) is 5.15. The van der Waals surface area contributed by atoms with Crippen molar-refractivity contribution in [3.05, 3.63) is 36.2 Å². The van der Waals surface area contributed by atoms with Gasteiger partial charge in [-0.15, -0.1) is 0 Å². The Morgan fingerprint density at radius 1 is 1.19 bits per heavy atom. The number of hydrazine groups is 1. The SMILES string of the molecule is CNCCNc1ccc(NNc2n(C)cc[n+]2C)c(C)c1. The summed E-state index contributed by atoms with van der Waals surface area (Å²) in [6.45, 7) is 3.96. The highest BCUT2D eigenvalue weighted by atomic mass is 15.4. The molecule has 2 aromatic rings. The van der Waals surface area contributed by atoms with Crippen molar-refractivity contribution in [2.45, 2.75) is 6.92 Å². The molecule has 21 heavy (non-hydrogen) atoms. The maximum atomic E-state index is 3.38. The highest BCUT2D eigenvalue weighted by Gasteiger charge is 2.10. The first kappa shape index (κ1) is 15.2. The van der Waals surface area contributed by atoms with E-state index in [-0.39, 0.29) is 0 Å². The van der Waals surface area contributed by atoms with Gasteiger partial charge in [0.1, 0.15) is 0 Å². The normalized spacial score (nSPS) is 10.5. The molecule has 6 nitrogen and oxygen atoms in total. The first-order valence-corrected chi connectivity index (χ1v) is 7.14. The minimum atomic E-state index is 0.917. The average molecular weight is 289 g/mol. The van der Waals surface area contributed by atoms with Crippen LogP contribution in [0.3, 0.4) is 0 Å². The Hall–Kier alpha value is -2.21. The Kier molecular flexibility index (Phi) is 5.05. The van der Waals surface area contributed by atoms with Crippen LogP contribution in [0.5, 0.6) is 0 Å². The third-order valence-corrected chi connectivity index (χ3v) is 3.42. The van der Waals surface area contributed by atoms with Gasteiger partial charge in [-0.3, -0.25) is 5.43 Å². The number of imidazole rings is 1. The van der Waals surface area contributed by atoms with Crippen LogP contribution in [0.4, 0.5) is 17.3 Å². The molecule has 0 amide bonds. The van der Waals surface area contributed by atoms with Gasteiger partial charge in [-0.25, -0.2) is 9.13 Å². The number of aryl methyl sites for hydroxylation is 3. The zero-order chi connectivity index (χ0) is 15.2. The molecule has 0 unspecified atom stereocenters. The molecule has 0 saturated carbocycles. The first-order valence-electron chi connectivity index (χ1n) is 7.14. The fourth-order valence-corrected chi connectivity index (χ4v) is 2.14. The summed E-state index contributed by atoms with van der Waals surface area (Å²) in [6, 6.07) is 6.30. The number of nitrogens with one attached hydrogen (secondary N) is 4. The predicted octanol–water partition coefficient (Wildman–Crippen LogP) is 1.23. The van der Waals surface area contributed by atoms with Gasteiger partial charge in [0.05, 0.1) is 32.2 Å². The molecule has 0 aliphatic heterocycles. The van der Waals surface area contributed by atoms with Crippen molar-refractivity contribution in [2.75, 3.05) is 36.3 Å². The lowest BCUT2D eigenvalue weighted by Gasteiger charge is -2.11. The van der Waals surface area contributed by atoms with Gasteiger partial charge in [0, 0.05) is 18.8 Å². The van der Waals surface area contributed by atoms with Crippen LogP contribution >= 0.6 is 0 Å². The van der Waals surface area contributed by atoms with E-state index in [1.807, 2.05) is 42.7 Å². The molecule has 114 valence electrons. The van der Waals surface area contributed by atoms with Gasteiger partial charge in [-0.2, -0.15) is 5.43 Å². The maximum Gasteiger partial charge on any atom is 0.378 e.